The number of rotatable bonds is 6. The molecule has 3 heterocycles. The maximum Gasteiger partial charge on any atom is 0.225 e. The monoisotopic (exact) mass is 355 g/mol. The van der Waals surface area contributed by atoms with Crippen LogP contribution >= 0.6 is 0 Å². The summed E-state index contributed by atoms with van der Waals surface area (Å²) in [7, 11) is 0. The van der Waals surface area contributed by atoms with E-state index in [1.165, 1.54) is 0 Å². The molecule has 0 radical (unpaired) electrons. The zero-order valence-electron chi connectivity index (χ0n) is 15.1. The minimum atomic E-state index is 0.526. The summed E-state index contributed by atoms with van der Waals surface area (Å²) in [6.45, 7) is 7.56. The Labute approximate surface area is 154 Å². The number of nitrogens with zero attached hydrogens (tertiary/aromatic N) is 6. The van der Waals surface area contributed by atoms with Gasteiger partial charge in [0.2, 0.25) is 5.95 Å². The molecule has 0 bridgehead atoms. The van der Waals surface area contributed by atoms with Gasteiger partial charge in [0, 0.05) is 51.3 Å². The van der Waals surface area contributed by atoms with E-state index in [1.54, 1.807) is 24.8 Å². The van der Waals surface area contributed by atoms with E-state index in [4.69, 9.17) is 4.74 Å². The largest absolute Gasteiger partial charge is 0.490 e. The van der Waals surface area contributed by atoms with E-state index in [0.717, 1.165) is 50.4 Å². The van der Waals surface area contributed by atoms with Crippen molar-refractivity contribution < 1.29 is 4.74 Å². The molecule has 1 fully saturated rings. The van der Waals surface area contributed by atoms with Crippen LogP contribution in [0, 0.1) is 0 Å². The van der Waals surface area contributed by atoms with Gasteiger partial charge in [0.15, 0.2) is 5.96 Å². The SMILES string of the molecule is CCNC(=NCCOc1cccnc1)N1CCN(c2ncccn2)CC1. The summed E-state index contributed by atoms with van der Waals surface area (Å²) >= 11 is 0. The molecule has 0 atom stereocenters. The quantitative estimate of drug-likeness (QED) is 0.471. The predicted molar refractivity (Wildman–Crippen MR) is 102 cm³/mol. The average molecular weight is 355 g/mol. The third-order valence-corrected chi connectivity index (χ3v) is 4.01. The Bertz CT molecular complexity index is 672. The molecule has 8 nitrogen and oxygen atoms in total. The highest BCUT2D eigenvalue weighted by atomic mass is 16.5. The van der Waals surface area contributed by atoms with Gasteiger partial charge in [0.1, 0.15) is 12.4 Å². The van der Waals surface area contributed by atoms with Gasteiger partial charge < -0.3 is 19.9 Å². The number of hydrogen-bond donors (Lipinski definition) is 1. The summed E-state index contributed by atoms with van der Waals surface area (Å²) in [6.07, 6.45) is 7.00. The van der Waals surface area contributed by atoms with Gasteiger partial charge in [-0.15, -0.1) is 0 Å². The molecule has 0 amide bonds. The second-order valence-electron chi connectivity index (χ2n) is 5.80. The second-order valence-corrected chi connectivity index (χ2v) is 5.80. The third-order valence-electron chi connectivity index (χ3n) is 4.01. The van der Waals surface area contributed by atoms with E-state index in [-0.39, 0.29) is 0 Å². The number of anilines is 1. The van der Waals surface area contributed by atoms with Crippen molar-refractivity contribution in [2.24, 2.45) is 4.99 Å². The predicted octanol–water partition coefficient (Wildman–Crippen LogP) is 1.04. The summed E-state index contributed by atoms with van der Waals surface area (Å²) in [5.41, 5.74) is 0. The number of aromatic nitrogens is 3. The number of pyridine rings is 1. The number of guanidine groups is 1. The summed E-state index contributed by atoms with van der Waals surface area (Å²) in [5.74, 6) is 2.49. The lowest BCUT2D eigenvalue weighted by molar-refractivity contribution is 0.324. The smallest absolute Gasteiger partial charge is 0.225 e. The van der Waals surface area contributed by atoms with E-state index in [0.29, 0.717) is 13.2 Å². The molecule has 3 rings (SSSR count). The Kier molecular flexibility index (Phi) is 6.58. The first kappa shape index (κ1) is 17.9. The van der Waals surface area contributed by atoms with Crippen LogP contribution in [0.25, 0.3) is 0 Å². The van der Waals surface area contributed by atoms with E-state index >= 15 is 0 Å². The lowest BCUT2D eigenvalue weighted by Gasteiger charge is -2.36. The van der Waals surface area contributed by atoms with E-state index in [2.05, 4.69) is 42.0 Å². The molecule has 2 aromatic rings. The molecule has 1 aliphatic rings. The van der Waals surface area contributed by atoms with E-state index < -0.39 is 0 Å². The van der Waals surface area contributed by atoms with Gasteiger partial charge in [-0.2, -0.15) is 0 Å². The van der Waals surface area contributed by atoms with Gasteiger partial charge in [-0.3, -0.25) is 4.98 Å². The Hall–Kier alpha value is -2.90. The van der Waals surface area contributed by atoms with Crippen molar-refractivity contribution in [2.45, 2.75) is 6.92 Å². The fourth-order valence-electron chi connectivity index (χ4n) is 2.75. The molecule has 0 saturated carbocycles. The highest BCUT2D eigenvalue weighted by Gasteiger charge is 2.20. The van der Waals surface area contributed by atoms with Crippen molar-refractivity contribution in [3.8, 4) is 5.75 Å². The third kappa shape index (κ3) is 5.05. The highest BCUT2D eigenvalue weighted by molar-refractivity contribution is 5.80. The molecule has 26 heavy (non-hydrogen) atoms. The van der Waals surface area contributed by atoms with Crippen LogP contribution in [-0.4, -0.2) is 71.7 Å². The number of nitrogens with one attached hydrogen (secondary N) is 1. The second kappa shape index (κ2) is 9.55. The van der Waals surface area contributed by atoms with Crippen LogP contribution in [0.3, 0.4) is 0 Å². The maximum absolute atomic E-state index is 5.66. The normalized spacial score (nSPS) is 15.0. The van der Waals surface area contributed by atoms with Crippen LogP contribution in [0.4, 0.5) is 5.95 Å². The van der Waals surface area contributed by atoms with Crippen LogP contribution < -0.4 is 15.0 Å². The number of aliphatic imine (C=N–C) groups is 1. The molecular weight excluding hydrogens is 330 g/mol. The lowest BCUT2D eigenvalue weighted by atomic mass is 10.3. The van der Waals surface area contributed by atoms with Crippen molar-refractivity contribution in [1.82, 2.24) is 25.2 Å². The van der Waals surface area contributed by atoms with Gasteiger partial charge >= 0.3 is 0 Å². The Morgan fingerprint density at radius 1 is 1.15 bits per heavy atom. The van der Waals surface area contributed by atoms with Crippen LogP contribution in [0.2, 0.25) is 0 Å². The first-order valence-corrected chi connectivity index (χ1v) is 8.95. The van der Waals surface area contributed by atoms with Crippen LogP contribution in [-0.2, 0) is 0 Å². The summed E-state index contributed by atoms with van der Waals surface area (Å²) < 4.78 is 5.66. The number of hydrogen-bond acceptors (Lipinski definition) is 6. The van der Waals surface area contributed by atoms with Gasteiger partial charge in [-0.05, 0) is 25.1 Å². The average Bonchev–Trinajstić information content (AvgIpc) is 2.72. The van der Waals surface area contributed by atoms with Crippen molar-refractivity contribution in [3.63, 3.8) is 0 Å². The minimum Gasteiger partial charge on any atom is -0.490 e. The topological polar surface area (TPSA) is 78.8 Å². The molecule has 0 spiro atoms. The van der Waals surface area contributed by atoms with Crippen LogP contribution in [0.1, 0.15) is 6.92 Å². The molecule has 1 N–H and O–H groups in total. The van der Waals surface area contributed by atoms with Gasteiger partial charge in [-0.1, -0.05) is 0 Å². The molecule has 0 unspecified atom stereocenters. The van der Waals surface area contributed by atoms with Crippen molar-refractivity contribution in [1.29, 1.82) is 0 Å². The zero-order chi connectivity index (χ0) is 18.0. The molecule has 1 aliphatic heterocycles. The highest BCUT2D eigenvalue weighted by Crippen LogP contribution is 2.10. The number of ether oxygens (including phenoxy) is 1. The molecular formula is C18H25N7O. The lowest BCUT2D eigenvalue weighted by Crippen LogP contribution is -2.53. The standard InChI is InChI=1S/C18H25N7O/c1-2-20-17(23-9-14-26-16-5-3-6-19-15-16)24-10-12-25(13-11-24)18-21-7-4-8-22-18/h3-8,15H,2,9-14H2,1H3,(H,20,23). The first-order valence-electron chi connectivity index (χ1n) is 8.95. The fraction of sp³-hybridized carbons (Fsp3) is 0.444. The summed E-state index contributed by atoms with van der Waals surface area (Å²) in [5, 5.41) is 3.36. The molecule has 1 saturated heterocycles. The van der Waals surface area contributed by atoms with Crippen molar-refractivity contribution in [3.05, 3.63) is 43.0 Å². The Morgan fingerprint density at radius 3 is 2.65 bits per heavy atom. The van der Waals surface area contributed by atoms with Gasteiger partial charge in [-0.25, -0.2) is 15.0 Å². The Morgan fingerprint density at radius 2 is 1.96 bits per heavy atom. The maximum atomic E-state index is 5.66. The zero-order valence-corrected chi connectivity index (χ0v) is 15.1. The Balaban J connectivity index is 1.50. The van der Waals surface area contributed by atoms with E-state index in [9.17, 15) is 0 Å². The fourth-order valence-corrected chi connectivity index (χ4v) is 2.75. The summed E-state index contributed by atoms with van der Waals surface area (Å²) in [4.78, 5) is 21.8. The van der Waals surface area contributed by atoms with Gasteiger partial charge in [0.05, 0.1) is 12.7 Å². The molecule has 0 aromatic carbocycles. The van der Waals surface area contributed by atoms with Crippen LogP contribution in [0.15, 0.2) is 48.0 Å². The molecule has 0 aliphatic carbocycles. The van der Waals surface area contributed by atoms with Crippen LogP contribution in [0.5, 0.6) is 5.75 Å². The molecule has 8 heteroatoms. The molecule has 138 valence electrons. The van der Waals surface area contributed by atoms with Gasteiger partial charge in [0.25, 0.3) is 0 Å². The van der Waals surface area contributed by atoms with Crippen molar-refractivity contribution >= 4 is 11.9 Å². The molecule has 2 aromatic heterocycles. The first-order chi connectivity index (χ1) is 12.9. The summed E-state index contributed by atoms with van der Waals surface area (Å²) in [6, 6.07) is 5.59. The van der Waals surface area contributed by atoms with Crippen molar-refractivity contribution in [2.75, 3.05) is 50.8 Å². The van der Waals surface area contributed by atoms with E-state index in [1.807, 2.05) is 18.2 Å². The minimum absolute atomic E-state index is 0.526. The number of piperazine rings is 1.